The van der Waals surface area contributed by atoms with Gasteiger partial charge in [0.25, 0.3) is 0 Å². The Kier molecular flexibility index (Phi) is 5.09. The van der Waals surface area contributed by atoms with Gasteiger partial charge in [-0.3, -0.25) is 0 Å². The number of aliphatic hydroxyl groups is 1. The first-order valence-electron chi connectivity index (χ1n) is 5.95. The Morgan fingerprint density at radius 1 is 1.45 bits per heavy atom. The molecule has 0 saturated carbocycles. The lowest BCUT2D eigenvalue weighted by Crippen LogP contribution is -2.33. The maximum absolute atomic E-state index is 12.2. The highest BCUT2D eigenvalue weighted by molar-refractivity contribution is 5.88. The molecule has 1 atom stereocenters. The second-order valence-electron chi connectivity index (χ2n) is 4.76. The summed E-state index contributed by atoms with van der Waals surface area (Å²) in [5, 5.41) is 15.9. The Morgan fingerprint density at radius 2 is 2.05 bits per heavy atom. The van der Waals surface area contributed by atoms with E-state index in [0.717, 1.165) is 4.68 Å². The number of hydrogen-bond donors (Lipinski definition) is 1. The summed E-state index contributed by atoms with van der Waals surface area (Å²) in [7, 11) is 0. The maximum atomic E-state index is 12.2. The number of halogens is 3. The van der Waals surface area contributed by atoms with Crippen LogP contribution in [0.15, 0.2) is 0 Å². The molecule has 0 aliphatic heterocycles. The Bertz CT molecular complexity index is 471. The number of alkyl halides is 3. The van der Waals surface area contributed by atoms with Crippen molar-refractivity contribution in [1.82, 2.24) is 15.0 Å². The van der Waals surface area contributed by atoms with Crippen molar-refractivity contribution in [1.29, 1.82) is 0 Å². The first kappa shape index (κ1) is 16.4. The number of nitrogens with zero attached hydrogens (tertiary/aromatic N) is 3. The molecule has 1 N–H and O–H groups in total. The number of carbonyl (C=O) groups excluding carboxylic acids is 1. The molecule has 114 valence electrons. The highest BCUT2D eigenvalue weighted by atomic mass is 19.4. The number of rotatable bonds is 5. The van der Waals surface area contributed by atoms with Crippen LogP contribution in [0, 0.1) is 12.8 Å². The summed E-state index contributed by atoms with van der Waals surface area (Å²) < 4.78 is 42.5. The van der Waals surface area contributed by atoms with Gasteiger partial charge in [-0.2, -0.15) is 13.2 Å². The van der Waals surface area contributed by atoms with Crippen LogP contribution in [-0.4, -0.2) is 45.0 Å². The molecule has 9 heteroatoms. The summed E-state index contributed by atoms with van der Waals surface area (Å²) in [5.74, 6) is -0.620. The predicted molar refractivity (Wildman–Crippen MR) is 61.9 cm³/mol. The van der Waals surface area contributed by atoms with Crippen molar-refractivity contribution in [3.8, 4) is 0 Å². The van der Waals surface area contributed by atoms with E-state index in [-0.39, 0.29) is 23.9 Å². The van der Waals surface area contributed by atoms with E-state index in [1.165, 1.54) is 6.92 Å². The number of hydrogen-bond acceptors (Lipinski definition) is 5. The van der Waals surface area contributed by atoms with Gasteiger partial charge in [-0.1, -0.05) is 19.1 Å². The average molecular weight is 295 g/mol. The number of ether oxygens (including phenoxy) is 1. The van der Waals surface area contributed by atoms with E-state index in [1.54, 1.807) is 0 Å². The standard InChI is InChI=1S/C11H16F3N3O3/c1-6(2)5-20-10(19)9-7(3)17(16-15-9)4-8(18)11(12,13)14/h6,8,18H,4-5H2,1-3H3. The third-order valence-corrected chi connectivity index (χ3v) is 2.45. The lowest BCUT2D eigenvalue weighted by Gasteiger charge is -2.14. The molecule has 6 nitrogen and oxygen atoms in total. The van der Waals surface area contributed by atoms with Crippen LogP contribution in [0.2, 0.25) is 0 Å². The van der Waals surface area contributed by atoms with Crippen LogP contribution in [0.25, 0.3) is 0 Å². The van der Waals surface area contributed by atoms with Gasteiger partial charge in [0.15, 0.2) is 11.8 Å². The number of esters is 1. The molecule has 0 saturated heterocycles. The van der Waals surface area contributed by atoms with Crippen LogP contribution in [0.1, 0.15) is 30.0 Å². The van der Waals surface area contributed by atoms with E-state index in [1.807, 2.05) is 13.8 Å². The highest BCUT2D eigenvalue weighted by Crippen LogP contribution is 2.21. The number of carbonyl (C=O) groups is 1. The highest BCUT2D eigenvalue weighted by Gasteiger charge is 2.39. The summed E-state index contributed by atoms with van der Waals surface area (Å²) in [6.07, 6.45) is -7.32. The zero-order valence-corrected chi connectivity index (χ0v) is 11.3. The molecular formula is C11H16F3N3O3. The van der Waals surface area contributed by atoms with E-state index >= 15 is 0 Å². The summed E-state index contributed by atoms with van der Waals surface area (Å²) in [4.78, 5) is 11.6. The Hall–Kier alpha value is -1.64. The molecule has 0 aromatic carbocycles. The van der Waals surface area contributed by atoms with E-state index < -0.39 is 24.8 Å². The topological polar surface area (TPSA) is 77.2 Å². The normalized spacial score (nSPS) is 13.6. The molecule has 0 spiro atoms. The minimum absolute atomic E-state index is 0.113. The molecule has 1 aromatic heterocycles. The van der Waals surface area contributed by atoms with Crippen molar-refractivity contribution in [3.05, 3.63) is 11.4 Å². The summed E-state index contributed by atoms with van der Waals surface area (Å²) in [6, 6.07) is 0. The fraction of sp³-hybridized carbons (Fsp3) is 0.727. The summed E-state index contributed by atoms with van der Waals surface area (Å²) in [6.45, 7) is 4.43. The Balaban J connectivity index is 2.77. The number of aliphatic hydroxyl groups excluding tert-OH is 1. The van der Waals surface area contributed by atoms with Gasteiger partial charge in [-0.05, 0) is 12.8 Å². The molecule has 0 aliphatic carbocycles. The zero-order valence-electron chi connectivity index (χ0n) is 11.3. The largest absolute Gasteiger partial charge is 0.461 e. The van der Waals surface area contributed by atoms with Crippen LogP contribution < -0.4 is 0 Å². The minimum atomic E-state index is -4.75. The molecule has 20 heavy (non-hydrogen) atoms. The van der Waals surface area contributed by atoms with Crippen molar-refractivity contribution >= 4 is 5.97 Å². The van der Waals surface area contributed by atoms with E-state index in [9.17, 15) is 18.0 Å². The fourth-order valence-electron chi connectivity index (χ4n) is 1.30. The van der Waals surface area contributed by atoms with Crippen LogP contribution in [0.3, 0.4) is 0 Å². The molecule has 0 amide bonds. The van der Waals surface area contributed by atoms with Crippen LogP contribution in [0.5, 0.6) is 0 Å². The maximum Gasteiger partial charge on any atom is 0.416 e. The van der Waals surface area contributed by atoms with E-state index in [0.29, 0.717) is 0 Å². The van der Waals surface area contributed by atoms with Gasteiger partial charge in [-0.25, -0.2) is 9.48 Å². The zero-order chi connectivity index (χ0) is 15.5. The molecular weight excluding hydrogens is 279 g/mol. The van der Waals surface area contributed by atoms with Crippen molar-refractivity contribution in [2.75, 3.05) is 6.61 Å². The predicted octanol–water partition coefficient (Wildman–Crippen LogP) is 1.32. The third kappa shape index (κ3) is 4.19. The molecule has 1 heterocycles. The average Bonchev–Trinajstić information content (AvgIpc) is 2.67. The van der Waals surface area contributed by atoms with Gasteiger partial charge >= 0.3 is 12.1 Å². The molecule has 0 bridgehead atoms. The molecule has 0 fully saturated rings. The third-order valence-electron chi connectivity index (χ3n) is 2.45. The minimum Gasteiger partial charge on any atom is -0.461 e. The Morgan fingerprint density at radius 3 is 2.55 bits per heavy atom. The molecule has 0 radical (unpaired) electrons. The summed E-state index contributed by atoms with van der Waals surface area (Å²) >= 11 is 0. The van der Waals surface area contributed by atoms with Gasteiger partial charge < -0.3 is 9.84 Å². The summed E-state index contributed by atoms with van der Waals surface area (Å²) in [5.41, 5.74) is -0.0397. The molecule has 0 aliphatic rings. The SMILES string of the molecule is Cc1c(C(=O)OCC(C)C)nnn1CC(O)C(F)(F)F. The van der Waals surface area contributed by atoms with Gasteiger partial charge in [0.1, 0.15) is 0 Å². The lowest BCUT2D eigenvalue weighted by molar-refractivity contribution is -0.208. The van der Waals surface area contributed by atoms with Crippen LogP contribution >= 0.6 is 0 Å². The monoisotopic (exact) mass is 295 g/mol. The first-order valence-corrected chi connectivity index (χ1v) is 5.95. The van der Waals surface area contributed by atoms with Gasteiger partial charge in [0.05, 0.1) is 18.8 Å². The molecule has 1 unspecified atom stereocenters. The van der Waals surface area contributed by atoms with Gasteiger partial charge in [-0.15, -0.1) is 5.10 Å². The van der Waals surface area contributed by atoms with Crippen LogP contribution in [-0.2, 0) is 11.3 Å². The first-order chi connectivity index (χ1) is 9.12. The van der Waals surface area contributed by atoms with Crippen molar-refractivity contribution in [2.24, 2.45) is 5.92 Å². The van der Waals surface area contributed by atoms with Crippen molar-refractivity contribution in [2.45, 2.75) is 39.6 Å². The Labute approximate surface area is 113 Å². The fourth-order valence-corrected chi connectivity index (χ4v) is 1.30. The lowest BCUT2D eigenvalue weighted by atomic mass is 10.2. The number of aromatic nitrogens is 3. The van der Waals surface area contributed by atoms with Gasteiger partial charge in [0, 0.05) is 0 Å². The smallest absolute Gasteiger partial charge is 0.416 e. The molecule has 1 rings (SSSR count). The quantitative estimate of drug-likeness (QED) is 0.829. The van der Waals surface area contributed by atoms with E-state index in [4.69, 9.17) is 9.84 Å². The van der Waals surface area contributed by atoms with Crippen LogP contribution in [0.4, 0.5) is 13.2 Å². The van der Waals surface area contributed by atoms with Crippen molar-refractivity contribution in [3.63, 3.8) is 0 Å². The van der Waals surface area contributed by atoms with E-state index in [2.05, 4.69) is 10.3 Å². The second kappa shape index (κ2) is 6.21. The van der Waals surface area contributed by atoms with Crippen molar-refractivity contribution < 1.29 is 27.8 Å². The molecule has 1 aromatic rings. The second-order valence-corrected chi connectivity index (χ2v) is 4.76. The van der Waals surface area contributed by atoms with Gasteiger partial charge in [0.2, 0.25) is 0 Å².